The number of nitriles is 2. The smallest absolute Gasteiger partial charge is 1.00 e. The zero-order chi connectivity index (χ0) is 80.1. The van der Waals surface area contributed by atoms with E-state index in [1.54, 1.807) is 62.5 Å². The van der Waals surface area contributed by atoms with Crippen LogP contribution in [0.1, 0.15) is 304 Å². The molecule has 6 aromatic carbocycles. The number of aliphatic hydroxyl groups excluding tert-OH is 1. The van der Waals surface area contributed by atoms with Crippen molar-refractivity contribution in [1.29, 1.82) is 10.5 Å². The summed E-state index contributed by atoms with van der Waals surface area (Å²) in [7, 11) is 5.40. The molecule has 2 unspecified atom stereocenters. The number of rotatable bonds is 10. The second-order valence-corrected chi connectivity index (χ2v) is 32.6. The van der Waals surface area contributed by atoms with E-state index in [1.807, 2.05) is 123 Å². The van der Waals surface area contributed by atoms with E-state index in [2.05, 4.69) is 44.9 Å². The van der Waals surface area contributed by atoms with Gasteiger partial charge in [-0.15, -0.1) is 11.6 Å². The van der Waals surface area contributed by atoms with Crippen LogP contribution in [0.15, 0.2) is 151 Å². The van der Waals surface area contributed by atoms with Crippen LogP contribution in [0.4, 0.5) is 0 Å². The van der Waals surface area contributed by atoms with Crippen molar-refractivity contribution in [3.63, 3.8) is 0 Å². The molecule has 14 rings (SSSR count). The quantitative estimate of drug-likeness (QED) is 0.0334. The molecular weight excluding hydrogens is 1740 g/mol. The molecule has 8 aliphatic rings. The zero-order valence-corrected chi connectivity index (χ0v) is 76.8. The predicted molar refractivity (Wildman–Crippen MR) is 512 cm³/mol. The Bertz CT molecular complexity index is 3730. The molecule has 1 saturated heterocycles. The van der Waals surface area contributed by atoms with E-state index in [1.165, 1.54) is 84.0 Å². The van der Waals surface area contributed by atoms with Crippen LogP contribution >= 0.6 is 97.1 Å². The molecule has 4 N–H and O–H groups in total. The Morgan fingerprint density at radius 2 is 0.898 bits per heavy atom. The second kappa shape index (κ2) is 70.0. The summed E-state index contributed by atoms with van der Waals surface area (Å²) in [5, 5.41) is 44.4. The number of ether oxygens (including phenoxy) is 1. The Labute approximate surface area is 798 Å². The SMILES string of the molecule is C.C.C.C.C.C.CC#N.CC1CCCO1.CCO.CN=C(c1ccccc1Cl)C1(O)CCCC1.CNC1(c2ccccc2Cl)CCCCC1=O.CN[C@]1(c2ccccc2Cl)CCCCC1=O.ClC1CCCC1.N#Cc1ccccc1Cl.O=C(c1ccccc1Cl)C1(Br)CCCC1.O=C(c1ccccc1Cl)C1CCCC1.[CH-]1CCCC1.[Cl-].[H-].[H-].[Mg+2].[Mg+2]. The summed E-state index contributed by atoms with van der Waals surface area (Å²) < 4.78 is 4.79. The summed E-state index contributed by atoms with van der Waals surface area (Å²) in [6.45, 7) is 6.47. The van der Waals surface area contributed by atoms with Crippen molar-refractivity contribution >= 4 is 172 Å². The van der Waals surface area contributed by atoms with E-state index < -0.39 is 16.7 Å². The number of aliphatic hydroxyl groups is 2. The number of hydrogen-bond acceptors (Lipinski definition) is 12. The molecule has 0 aromatic heterocycles. The predicted octanol–water partition coefficient (Wildman–Crippen LogP) is 24.9. The van der Waals surface area contributed by atoms with Crippen molar-refractivity contribution in [2.75, 3.05) is 34.4 Å². The topological polar surface area (TPSA) is 202 Å². The van der Waals surface area contributed by atoms with Gasteiger partial charge in [-0.1, -0.05) is 298 Å². The normalized spacial score (nSPS) is 19.1. The van der Waals surface area contributed by atoms with Gasteiger partial charge < -0.3 is 47.3 Å². The Morgan fingerprint density at radius 1 is 0.542 bits per heavy atom. The van der Waals surface area contributed by atoms with Gasteiger partial charge in [-0.25, -0.2) is 0 Å². The van der Waals surface area contributed by atoms with Gasteiger partial charge in [0.1, 0.15) is 22.7 Å². The number of alkyl halides is 2. The van der Waals surface area contributed by atoms with Gasteiger partial charge in [0.25, 0.3) is 0 Å². The van der Waals surface area contributed by atoms with E-state index in [9.17, 15) is 24.3 Å². The number of nitrogens with zero attached hydrogens (tertiary/aromatic N) is 3. The molecule has 654 valence electrons. The number of ketones is 4. The molecule has 7 saturated carbocycles. The van der Waals surface area contributed by atoms with E-state index in [0.717, 1.165) is 132 Å². The molecule has 0 bridgehead atoms. The zero-order valence-electron chi connectivity index (χ0n) is 68.4. The van der Waals surface area contributed by atoms with E-state index in [0.29, 0.717) is 71.1 Å². The number of aliphatic imine (C=N–C) groups is 1. The number of carbonyl (C=O) groups excluding carboxylic acids is 4. The molecule has 0 spiro atoms. The molecular formula is C95H140BrCl8Mg2N5O7. The molecule has 3 atom stereocenters. The summed E-state index contributed by atoms with van der Waals surface area (Å²) in [5.74, 6) is 1.09. The van der Waals surface area contributed by atoms with Gasteiger partial charge >= 0.3 is 46.1 Å². The van der Waals surface area contributed by atoms with E-state index >= 15 is 0 Å². The van der Waals surface area contributed by atoms with Crippen LogP contribution in [0.3, 0.4) is 0 Å². The molecule has 0 amide bonds. The molecule has 12 nitrogen and oxygen atoms in total. The van der Waals surface area contributed by atoms with Crippen molar-refractivity contribution in [3.05, 3.63) is 216 Å². The summed E-state index contributed by atoms with van der Waals surface area (Å²) in [6, 6.07) is 48.0. The van der Waals surface area contributed by atoms with Crippen LogP contribution in [0, 0.1) is 35.0 Å². The summed E-state index contributed by atoms with van der Waals surface area (Å²) in [5.41, 5.74) is 3.39. The van der Waals surface area contributed by atoms with Gasteiger partial charge in [0, 0.05) is 83.1 Å². The van der Waals surface area contributed by atoms with Gasteiger partial charge in [0.15, 0.2) is 23.1 Å². The van der Waals surface area contributed by atoms with Crippen LogP contribution in [0.5, 0.6) is 0 Å². The largest absolute Gasteiger partial charge is 2.00 e. The maximum Gasteiger partial charge on any atom is 2.00 e. The second-order valence-electron chi connectivity index (χ2n) is 28.0. The number of nitrogens with one attached hydrogen (secondary N) is 2. The Kier molecular flexibility index (Phi) is 74.5. The summed E-state index contributed by atoms with van der Waals surface area (Å²) in [4.78, 5) is 52.9. The molecule has 23 heteroatoms. The fraction of sp³-hybridized carbons (Fsp3) is 0.537. The van der Waals surface area contributed by atoms with Crippen LogP contribution in [-0.2, 0) is 25.4 Å². The number of halogens is 9. The minimum atomic E-state index is -0.778. The maximum absolute atomic E-state index is 12.3. The van der Waals surface area contributed by atoms with Gasteiger partial charge in [-0.2, -0.15) is 23.4 Å². The molecule has 8 fully saturated rings. The summed E-state index contributed by atoms with van der Waals surface area (Å²) in [6.07, 6.45) is 35.5. The van der Waals surface area contributed by atoms with E-state index in [-0.39, 0.29) is 146 Å². The number of hydrogen-bond donors (Lipinski definition) is 4. The van der Waals surface area contributed by atoms with Crippen molar-refractivity contribution in [2.24, 2.45) is 10.9 Å². The first kappa shape index (κ1) is 126. The van der Waals surface area contributed by atoms with Crippen LogP contribution in [0.2, 0.25) is 30.1 Å². The molecule has 0 radical (unpaired) electrons. The molecule has 118 heavy (non-hydrogen) atoms. The average Bonchev–Trinajstić information content (AvgIpc) is 1.37. The number of likely N-dealkylation sites (N-methyl/N-ethyl adjacent to an activating group) is 2. The third-order valence-corrected chi connectivity index (χ3v) is 24.0. The molecule has 1 aliphatic heterocycles. The molecule has 6 aromatic rings. The first-order valence-electron chi connectivity index (χ1n) is 38.8. The van der Waals surface area contributed by atoms with Gasteiger partial charge in [0.05, 0.1) is 42.8 Å². The standard InChI is InChI=1S/3C13H16ClNO.C12H12BrClO.C12H13ClO.C7H4ClN.C5H9Cl.C5H10O.C5H9.C2H3N.C2H6O.6CH4.ClH.2Mg.2H/c1-15-12(13(16)8-4-5-9-13)10-6-2-3-7-11(10)14;2*1-15-13(9-5-4-8-12(13)16)10-6-2-3-7-11(10)14;13-12(7-3-4-8-12)11(15)9-5-1-2-6-10(9)14;13-11-8-4-3-7-10(11)12(14)9-5-1-2-6-9;8-7-4-2-1-3-6(7)5-9;6-5-3-1-2-4-5;1-5-3-2-4-6-5;1-2-4-5-3-1;2*1-2-3;;;;;;;;;;;/h2-3,6-7,16H,4-5,8-9H2,1H3;2*2-3,6-7,15H,4-5,8-9H2,1H3;1-2,5-6H,3-4,7-8H2;3-4,7-9H,1-2,5-6H2;1-4H;5H,1-4H2;5H,2-4H2,1H3;1H,2-5H2;1H3;3H,2H2,1H3;6*1H4;1H;;;;/q;;;;;;;;-1;;;;;;;;;;2*+2;2*-1/p-1/t;13-;;;;;;;;;;;;;;;;;;;;/m.0..................../s1. The van der Waals surface area contributed by atoms with Gasteiger partial charge in [-0.3, -0.25) is 24.2 Å². The fourth-order valence-electron chi connectivity index (χ4n) is 14.5. The number of benzene rings is 6. The monoisotopic (exact) mass is 1870 g/mol. The first-order chi connectivity index (χ1) is 52.5. The van der Waals surface area contributed by atoms with Crippen LogP contribution in [-0.4, -0.2) is 141 Å². The molecule has 7 aliphatic carbocycles. The van der Waals surface area contributed by atoms with Gasteiger partial charge in [-0.05, 0) is 184 Å². The maximum atomic E-state index is 12.3. The Balaban J connectivity index is -0.000000196. The Hall–Kier alpha value is -3.22. The summed E-state index contributed by atoms with van der Waals surface area (Å²) >= 11 is 45.4. The third-order valence-electron chi connectivity index (χ3n) is 20.4. The van der Waals surface area contributed by atoms with Crippen LogP contribution < -0.4 is 23.0 Å². The number of Topliss-reactive ketones (excluding diaryl/α,β-unsaturated/α-hetero) is 4. The van der Waals surface area contributed by atoms with Crippen molar-refractivity contribution in [2.45, 2.75) is 290 Å². The van der Waals surface area contributed by atoms with Crippen LogP contribution in [0.25, 0.3) is 0 Å². The minimum Gasteiger partial charge on any atom is -1.00 e. The van der Waals surface area contributed by atoms with Crippen molar-refractivity contribution in [3.8, 4) is 12.1 Å². The number of carbonyl (C=O) groups is 4. The fourth-order valence-corrected chi connectivity index (χ4v) is 17.0. The average molecular weight is 1880 g/mol. The molecule has 1 heterocycles. The first-order valence-corrected chi connectivity index (χ1v) is 42.3. The van der Waals surface area contributed by atoms with Gasteiger partial charge in [0.2, 0.25) is 0 Å². The minimum absolute atomic E-state index is 0. The third kappa shape index (κ3) is 41.3. The Morgan fingerprint density at radius 3 is 1.20 bits per heavy atom. The van der Waals surface area contributed by atoms with Crippen molar-refractivity contribution < 1.29 is 49.4 Å². The van der Waals surface area contributed by atoms with Crippen molar-refractivity contribution in [1.82, 2.24) is 10.6 Å². The van der Waals surface area contributed by atoms with E-state index in [4.69, 9.17) is 102 Å².